The number of halogens is 1. The molecule has 43 heavy (non-hydrogen) atoms. The molecule has 1 saturated carbocycles. The molecular weight excluding hydrogens is 588 g/mol. The van der Waals surface area contributed by atoms with Crippen LogP contribution >= 0.6 is 11.6 Å². The van der Waals surface area contributed by atoms with E-state index in [2.05, 4.69) is 42.2 Å². The van der Waals surface area contributed by atoms with Gasteiger partial charge in [-0.2, -0.15) is 4.98 Å². The molecule has 2 fully saturated rings. The molecule has 6 rings (SSSR count). The Morgan fingerprint density at radius 1 is 1.02 bits per heavy atom. The maximum Gasteiger partial charge on any atom is 0.238 e. The average Bonchev–Trinajstić information content (AvgIpc) is 3.79. The van der Waals surface area contributed by atoms with Crippen LogP contribution in [0.1, 0.15) is 31.2 Å². The van der Waals surface area contributed by atoms with Crippen molar-refractivity contribution in [3.05, 3.63) is 53.2 Å². The second kappa shape index (κ2) is 12.7. The van der Waals surface area contributed by atoms with E-state index in [0.29, 0.717) is 65.8 Å². The molecular formula is C30H39ClN8O3S. The number of methoxy groups -OCH3 is 1. The van der Waals surface area contributed by atoms with Gasteiger partial charge >= 0.3 is 0 Å². The van der Waals surface area contributed by atoms with Gasteiger partial charge in [0, 0.05) is 50.5 Å². The standard InChI is InChI=1S/C30H39ClN8O3S/c1-32-13-14-33-21-11-15-38(16-12-21)22-6-9-25(27(18-22)42-2)36-30-34-19-24(31)29(37-30)35-26-5-3-4-20-10-17-39(28(20)26)43(40,41)23-7-8-23/h3-6,9,18-19,21,23,32-33H,7-8,10-17H2,1-2H3,(H2,34,35,36,37). The van der Waals surface area contributed by atoms with E-state index >= 15 is 0 Å². The number of fused-ring (bicyclic) bond motifs is 1. The lowest BCUT2D eigenvalue weighted by Gasteiger charge is -2.34. The van der Waals surface area contributed by atoms with Crippen LogP contribution in [0.5, 0.6) is 5.75 Å². The smallest absolute Gasteiger partial charge is 0.238 e. The molecule has 230 valence electrons. The molecule has 0 amide bonds. The van der Waals surface area contributed by atoms with E-state index in [-0.39, 0.29) is 5.25 Å². The number of aromatic nitrogens is 2. The molecule has 2 aromatic carbocycles. The van der Waals surface area contributed by atoms with Crippen LogP contribution in [-0.2, 0) is 16.4 Å². The lowest BCUT2D eigenvalue weighted by atomic mass is 10.0. The molecule has 0 bridgehead atoms. The van der Waals surface area contributed by atoms with E-state index in [1.807, 2.05) is 37.4 Å². The fourth-order valence-corrected chi connectivity index (χ4v) is 7.85. The minimum absolute atomic E-state index is 0.288. The Labute approximate surface area is 258 Å². The quantitative estimate of drug-likeness (QED) is 0.217. The molecule has 0 unspecified atom stereocenters. The summed E-state index contributed by atoms with van der Waals surface area (Å²) in [5.74, 6) is 1.40. The van der Waals surface area contributed by atoms with Crippen molar-refractivity contribution in [2.45, 2.75) is 43.4 Å². The number of para-hydroxylation sites is 1. The summed E-state index contributed by atoms with van der Waals surface area (Å²) in [6.45, 7) is 4.35. The maximum atomic E-state index is 13.2. The van der Waals surface area contributed by atoms with E-state index < -0.39 is 10.0 Å². The van der Waals surface area contributed by atoms with E-state index in [9.17, 15) is 8.42 Å². The summed E-state index contributed by atoms with van der Waals surface area (Å²) in [6.07, 6.45) is 5.81. The summed E-state index contributed by atoms with van der Waals surface area (Å²) >= 11 is 6.51. The van der Waals surface area contributed by atoms with Crippen LogP contribution in [0.2, 0.25) is 5.02 Å². The van der Waals surface area contributed by atoms with Crippen LogP contribution in [0.4, 0.5) is 34.5 Å². The number of anilines is 6. The van der Waals surface area contributed by atoms with Crippen molar-refractivity contribution in [3.63, 3.8) is 0 Å². The van der Waals surface area contributed by atoms with Crippen LogP contribution < -0.4 is 35.2 Å². The zero-order valence-electron chi connectivity index (χ0n) is 24.6. The highest BCUT2D eigenvalue weighted by Crippen LogP contribution is 2.43. The summed E-state index contributed by atoms with van der Waals surface area (Å²) in [6, 6.07) is 12.4. The van der Waals surface area contributed by atoms with Gasteiger partial charge in [-0.05, 0) is 62.9 Å². The largest absolute Gasteiger partial charge is 0.494 e. The number of sulfonamides is 1. The zero-order valence-corrected chi connectivity index (χ0v) is 26.1. The number of piperidine rings is 1. The topological polar surface area (TPSA) is 124 Å². The first-order chi connectivity index (χ1) is 20.9. The van der Waals surface area contributed by atoms with Crippen LogP contribution in [0, 0.1) is 0 Å². The first-order valence-electron chi connectivity index (χ1n) is 14.9. The van der Waals surface area contributed by atoms with E-state index in [1.54, 1.807) is 11.4 Å². The Balaban J connectivity index is 1.17. The molecule has 0 atom stereocenters. The number of likely N-dealkylation sites (N-methyl/N-ethyl adjacent to an activating group) is 1. The minimum atomic E-state index is -3.39. The second-order valence-electron chi connectivity index (χ2n) is 11.2. The molecule has 2 aliphatic heterocycles. The van der Waals surface area contributed by atoms with Crippen LogP contribution in [0.15, 0.2) is 42.6 Å². The molecule has 3 heterocycles. The highest BCUT2D eigenvalue weighted by atomic mass is 35.5. The average molecular weight is 627 g/mol. The summed E-state index contributed by atoms with van der Waals surface area (Å²) in [4.78, 5) is 11.4. The highest BCUT2D eigenvalue weighted by Gasteiger charge is 2.43. The molecule has 0 radical (unpaired) electrons. The Bertz CT molecular complexity index is 1560. The van der Waals surface area contributed by atoms with Crippen molar-refractivity contribution < 1.29 is 13.2 Å². The summed E-state index contributed by atoms with van der Waals surface area (Å²) < 4.78 is 33.6. The second-order valence-corrected chi connectivity index (χ2v) is 13.8. The Hall–Kier alpha value is -3.32. The predicted octanol–water partition coefficient (Wildman–Crippen LogP) is 4.26. The van der Waals surface area contributed by atoms with Gasteiger partial charge in [-0.3, -0.25) is 4.31 Å². The lowest BCUT2D eigenvalue weighted by Crippen LogP contribution is -2.44. The van der Waals surface area contributed by atoms with Crippen molar-refractivity contribution in [2.75, 3.05) is 66.7 Å². The van der Waals surface area contributed by atoms with Crippen LogP contribution in [0.3, 0.4) is 0 Å². The van der Waals surface area contributed by atoms with Gasteiger partial charge in [0.2, 0.25) is 16.0 Å². The van der Waals surface area contributed by atoms with Gasteiger partial charge in [0.1, 0.15) is 10.8 Å². The van der Waals surface area contributed by atoms with Crippen molar-refractivity contribution in [1.82, 2.24) is 20.6 Å². The molecule has 13 heteroatoms. The van der Waals surface area contributed by atoms with Gasteiger partial charge in [0.15, 0.2) is 5.82 Å². The Kier molecular flexibility index (Phi) is 8.80. The van der Waals surface area contributed by atoms with E-state index in [1.165, 1.54) is 6.20 Å². The number of nitrogens with one attached hydrogen (secondary N) is 4. The van der Waals surface area contributed by atoms with Gasteiger partial charge in [0.25, 0.3) is 0 Å². The third kappa shape index (κ3) is 6.47. The number of hydrogen-bond donors (Lipinski definition) is 4. The van der Waals surface area contributed by atoms with Crippen LogP contribution in [-0.4, -0.2) is 76.6 Å². The molecule has 1 aliphatic carbocycles. The summed E-state index contributed by atoms with van der Waals surface area (Å²) in [5.41, 5.74) is 4.14. The lowest BCUT2D eigenvalue weighted by molar-refractivity contribution is 0.410. The van der Waals surface area contributed by atoms with E-state index in [4.69, 9.17) is 16.3 Å². The first-order valence-corrected chi connectivity index (χ1v) is 16.8. The number of nitrogens with zero attached hydrogens (tertiary/aromatic N) is 4. The van der Waals surface area contributed by atoms with Gasteiger partial charge in [-0.1, -0.05) is 23.7 Å². The third-order valence-corrected chi connectivity index (χ3v) is 10.9. The van der Waals surface area contributed by atoms with Gasteiger partial charge in [0.05, 0.1) is 35.6 Å². The SMILES string of the molecule is CNCCNC1CCN(c2ccc(Nc3ncc(Cl)c(Nc4cccc5c4N(S(=O)(=O)C4CC4)CC5)n3)c(OC)c2)CC1. The number of rotatable bonds is 12. The molecule has 4 N–H and O–H groups in total. The first kappa shape index (κ1) is 29.7. The molecule has 0 spiro atoms. The predicted molar refractivity (Wildman–Crippen MR) is 173 cm³/mol. The summed E-state index contributed by atoms with van der Waals surface area (Å²) in [7, 11) is 0.233. The van der Waals surface area contributed by atoms with Crippen molar-refractivity contribution in [1.29, 1.82) is 0 Å². The summed E-state index contributed by atoms with van der Waals surface area (Å²) in [5, 5.41) is 13.4. The van der Waals surface area contributed by atoms with Gasteiger partial charge in [-0.15, -0.1) is 0 Å². The van der Waals surface area contributed by atoms with E-state index in [0.717, 1.165) is 56.0 Å². The minimum Gasteiger partial charge on any atom is -0.494 e. The number of benzene rings is 2. The van der Waals surface area contributed by atoms with Gasteiger partial charge in [-0.25, -0.2) is 13.4 Å². The molecule has 3 aromatic rings. The van der Waals surface area contributed by atoms with Crippen molar-refractivity contribution in [2.24, 2.45) is 0 Å². The molecule has 3 aliphatic rings. The normalized spacial score (nSPS) is 17.2. The van der Waals surface area contributed by atoms with Crippen molar-refractivity contribution in [3.8, 4) is 5.75 Å². The molecule has 1 saturated heterocycles. The molecule has 11 nitrogen and oxygen atoms in total. The zero-order chi connectivity index (χ0) is 30.0. The maximum absolute atomic E-state index is 13.2. The van der Waals surface area contributed by atoms with Crippen molar-refractivity contribution >= 4 is 56.1 Å². The fraction of sp³-hybridized carbons (Fsp3) is 0.467. The number of ether oxygens (including phenoxy) is 1. The monoisotopic (exact) mass is 626 g/mol. The number of hydrogen-bond acceptors (Lipinski definition) is 10. The fourth-order valence-electron chi connectivity index (χ4n) is 5.81. The Morgan fingerprint density at radius 2 is 1.84 bits per heavy atom. The van der Waals surface area contributed by atoms with Crippen LogP contribution in [0.25, 0.3) is 0 Å². The highest BCUT2D eigenvalue weighted by molar-refractivity contribution is 7.93. The third-order valence-electron chi connectivity index (χ3n) is 8.30. The van der Waals surface area contributed by atoms with Gasteiger partial charge < -0.3 is 30.9 Å². The Morgan fingerprint density at radius 3 is 2.58 bits per heavy atom. The molecule has 1 aromatic heterocycles.